The van der Waals surface area contributed by atoms with Crippen LogP contribution in [0.25, 0.3) is 0 Å². The Hall–Kier alpha value is -1.06. The molecule has 0 aliphatic carbocycles. The Bertz CT molecular complexity index is 341. The topological polar surface area (TPSA) is 38.5 Å². The summed E-state index contributed by atoms with van der Waals surface area (Å²) in [6.07, 6.45) is 6.33. The zero-order valence-corrected chi connectivity index (χ0v) is 12.4. The van der Waals surface area contributed by atoms with E-state index < -0.39 is 0 Å². The molecule has 0 amide bonds. The first kappa shape index (κ1) is 16.0. The van der Waals surface area contributed by atoms with Crippen molar-refractivity contribution in [1.82, 2.24) is 4.90 Å². The molecule has 0 fully saturated rings. The van der Waals surface area contributed by atoms with Crippen molar-refractivity contribution in [3.63, 3.8) is 0 Å². The number of hydrogen-bond acceptors (Lipinski definition) is 3. The van der Waals surface area contributed by atoms with Gasteiger partial charge in [0.1, 0.15) is 5.75 Å². The van der Waals surface area contributed by atoms with Crippen molar-refractivity contribution in [2.24, 2.45) is 5.73 Å². The van der Waals surface area contributed by atoms with Gasteiger partial charge < -0.3 is 15.4 Å². The summed E-state index contributed by atoms with van der Waals surface area (Å²) in [4.78, 5) is 2.37. The lowest BCUT2D eigenvalue weighted by molar-refractivity contribution is 0.315. The molecule has 0 bridgehead atoms. The third-order valence-corrected chi connectivity index (χ3v) is 3.33. The highest BCUT2D eigenvalue weighted by atomic mass is 16.5. The summed E-state index contributed by atoms with van der Waals surface area (Å²) in [6, 6.07) is 8.30. The van der Waals surface area contributed by atoms with Crippen LogP contribution in [0.2, 0.25) is 0 Å². The Labute approximate surface area is 117 Å². The first-order chi connectivity index (χ1) is 9.26. The third-order valence-electron chi connectivity index (χ3n) is 3.33. The molecule has 0 radical (unpaired) electrons. The fourth-order valence-electron chi connectivity index (χ4n) is 2.22. The van der Waals surface area contributed by atoms with Crippen LogP contribution in [0.15, 0.2) is 24.3 Å². The second-order valence-corrected chi connectivity index (χ2v) is 5.15. The van der Waals surface area contributed by atoms with E-state index in [0.29, 0.717) is 0 Å². The van der Waals surface area contributed by atoms with Crippen molar-refractivity contribution < 1.29 is 4.74 Å². The van der Waals surface area contributed by atoms with Crippen molar-refractivity contribution >= 4 is 0 Å². The second kappa shape index (κ2) is 9.82. The smallest absolute Gasteiger partial charge is 0.119 e. The number of unbranched alkanes of at least 4 members (excludes halogenated alkanes) is 4. The van der Waals surface area contributed by atoms with Crippen molar-refractivity contribution in [1.29, 1.82) is 0 Å². The molecule has 108 valence electrons. The van der Waals surface area contributed by atoms with Crippen molar-refractivity contribution in [3.8, 4) is 5.75 Å². The second-order valence-electron chi connectivity index (χ2n) is 5.15. The highest BCUT2D eigenvalue weighted by molar-refractivity contribution is 5.28. The molecule has 0 unspecified atom stereocenters. The van der Waals surface area contributed by atoms with Crippen LogP contribution in [-0.4, -0.2) is 32.1 Å². The molecule has 1 aromatic carbocycles. The molecule has 0 saturated heterocycles. The highest BCUT2D eigenvalue weighted by Gasteiger charge is 2.01. The molecule has 0 saturated carbocycles. The maximum absolute atomic E-state index is 5.48. The van der Waals surface area contributed by atoms with E-state index >= 15 is 0 Å². The Morgan fingerprint density at radius 3 is 2.58 bits per heavy atom. The molecule has 0 spiro atoms. The number of benzene rings is 1. The van der Waals surface area contributed by atoms with E-state index in [1.807, 2.05) is 6.07 Å². The Morgan fingerprint density at radius 1 is 1.11 bits per heavy atom. The molecule has 3 heteroatoms. The minimum Gasteiger partial charge on any atom is -0.497 e. The van der Waals surface area contributed by atoms with Crippen LogP contribution >= 0.6 is 0 Å². The predicted octanol–water partition coefficient (Wildman–Crippen LogP) is 3.04. The van der Waals surface area contributed by atoms with Crippen LogP contribution in [-0.2, 0) is 6.54 Å². The van der Waals surface area contributed by atoms with Gasteiger partial charge >= 0.3 is 0 Å². The van der Waals surface area contributed by atoms with E-state index in [4.69, 9.17) is 10.5 Å². The number of rotatable bonds is 10. The number of hydrogen-bond donors (Lipinski definition) is 1. The molecule has 0 atom stereocenters. The first-order valence-electron chi connectivity index (χ1n) is 7.28. The molecule has 3 nitrogen and oxygen atoms in total. The van der Waals surface area contributed by atoms with Crippen molar-refractivity contribution in [2.75, 3.05) is 27.2 Å². The first-order valence-corrected chi connectivity index (χ1v) is 7.28. The maximum atomic E-state index is 5.48. The zero-order chi connectivity index (χ0) is 13.9. The number of nitrogens with zero attached hydrogens (tertiary/aromatic N) is 1. The van der Waals surface area contributed by atoms with E-state index in [9.17, 15) is 0 Å². The normalized spacial score (nSPS) is 10.9. The lowest BCUT2D eigenvalue weighted by atomic mass is 10.1. The van der Waals surface area contributed by atoms with Gasteiger partial charge in [-0.05, 0) is 50.7 Å². The molecule has 19 heavy (non-hydrogen) atoms. The van der Waals surface area contributed by atoms with Gasteiger partial charge in [0.15, 0.2) is 0 Å². The Morgan fingerprint density at radius 2 is 1.84 bits per heavy atom. The minimum absolute atomic E-state index is 0.829. The summed E-state index contributed by atoms with van der Waals surface area (Å²) in [7, 11) is 3.89. The lowest BCUT2D eigenvalue weighted by Crippen LogP contribution is -2.19. The summed E-state index contributed by atoms with van der Waals surface area (Å²) in [5, 5.41) is 0. The maximum Gasteiger partial charge on any atom is 0.119 e. The summed E-state index contributed by atoms with van der Waals surface area (Å²) in [5.74, 6) is 0.938. The van der Waals surface area contributed by atoms with Crippen LogP contribution in [0.4, 0.5) is 0 Å². The van der Waals surface area contributed by atoms with E-state index in [-0.39, 0.29) is 0 Å². The van der Waals surface area contributed by atoms with Gasteiger partial charge in [-0.3, -0.25) is 0 Å². The van der Waals surface area contributed by atoms with Gasteiger partial charge in [0.05, 0.1) is 7.11 Å². The fraction of sp³-hybridized carbons (Fsp3) is 0.625. The van der Waals surface area contributed by atoms with Gasteiger partial charge in [-0.1, -0.05) is 31.4 Å². The van der Waals surface area contributed by atoms with E-state index in [1.54, 1.807) is 7.11 Å². The van der Waals surface area contributed by atoms with Gasteiger partial charge in [0.25, 0.3) is 0 Å². The van der Waals surface area contributed by atoms with Crippen LogP contribution < -0.4 is 10.5 Å². The zero-order valence-electron chi connectivity index (χ0n) is 12.4. The number of methoxy groups -OCH3 is 1. The number of ether oxygens (including phenoxy) is 1. The highest BCUT2D eigenvalue weighted by Crippen LogP contribution is 2.14. The quantitative estimate of drug-likeness (QED) is 0.660. The SMILES string of the molecule is COc1cccc(CN(C)CCCCCCCN)c1. The molecule has 0 aromatic heterocycles. The molecule has 0 heterocycles. The average molecular weight is 264 g/mol. The van der Waals surface area contributed by atoms with Crippen LogP contribution in [0.3, 0.4) is 0 Å². The summed E-state index contributed by atoms with van der Waals surface area (Å²) in [5.41, 5.74) is 6.79. The lowest BCUT2D eigenvalue weighted by Gasteiger charge is -2.17. The molecule has 2 N–H and O–H groups in total. The van der Waals surface area contributed by atoms with E-state index in [2.05, 4.69) is 30.1 Å². The standard InChI is InChI=1S/C16H28N2O/c1-18(12-7-5-3-4-6-11-17)14-15-9-8-10-16(13-15)19-2/h8-10,13H,3-7,11-12,14,17H2,1-2H3. The van der Waals surface area contributed by atoms with Gasteiger partial charge in [0, 0.05) is 6.54 Å². The largest absolute Gasteiger partial charge is 0.497 e. The van der Waals surface area contributed by atoms with E-state index in [0.717, 1.165) is 25.4 Å². The average Bonchev–Trinajstić information content (AvgIpc) is 2.43. The molecule has 0 aliphatic rings. The summed E-state index contributed by atoms with van der Waals surface area (Å²) >= 11 is 0. The van der Waals surface area contributed by atoms with Crippen molar-refractivity contribution in [3.05, 3.63) is 29.8 Å². The third kappa shape index (κ3) is 7.19. The molecule has 0 aliphatic heterocycles. The Balaban J connectivity index is 2.17. The Kier molecular flexibility index (Phi) is 8.26. The van der Waals surface area contributed by atoms with Crippen LogP contribution in [0.1, 0.15) is 37.7 Å². The molecular formula is C16H28N2O. The van der Waals surface area contributed by atoms with Gasteiger partial charge in [-0.15, -0.1) is 0 Å². The molecule has 1 aromatic rings. The van der Waals surface area contributed by atoms with Crippen LogP contribution in [0.5, 0.6) is 5.75 Å². The molecular weight excluding hydrogens is 236 g/mol. The van der Waals surface area contributed by atoms with E-state index in [1.165, 1.54) is 37.7 Å². The fourth-order valence-corrected chi connectivity index (χ4v) is 2.22. The summed E-state index contributed by atoms with van der Waals surface area (Å²) < 4.78 is 5.24. The monoisotopic (exact) mass is 264 g/mol. The number of nitrogens with two attached hydrogens (primary N) is 1. The van der Waals surface area contributed by atoms with Gasteiger partial charge in [-0.2, -0.15) is 0 Å². The van der Waals surface area contributed by atoms with Gasteiger partial charge in [0.2, 0.25) is 0 Å². The van der Waals surface area contributed by atoms with Crippen LogP contribution in [0, 0.1) is 0 Å². The van der Waals surface area contributed by atoms with Crippen molar-refractivity contribution in [2.45, 2.75) is 38.6 Å². The molecule has 1 rings (SSSR count). The summed E-state index contributed by atoms with van der Waals surface area (Å²) in [6.45, 7) is 2.97. The van der Waals surface area contributed by atoms with Gasteiger partial charge in [-0.25, -0.2) is 0 Å². The minimum atomic E-state index is 0.829. The predicted molar refractivity (Wildman–Crippen MR) is 81.5 cm³/mol.